The number of alkyl carbamates (subject to hydrolysis) is 1. The molecule has 0 saturated heterocycles. The van der Waals surface area contributed by atoms with Gasteiger partial charge in [-0.2, -0.15) is 0 Å². The predicted octanol–water partition coefficient (Wildman–Crippen LogP) is 4.70. The molecule has 0 bridgehead atoms. The first-order valence-electron chi connectivity index (χ1n) is 12.9. The Bertz CT molecular complexity index is 1250. The Labute approximate surface area is 234 Å². The molecule has 1 aliphatic rings. The Hall–Kier alpha value is -3.59. The van der Waals surface area contributed by atoms with E-state index < -0.39 is 47.9 Å². The van der Waals surface area contributed by atoms with Crippen LogP contribution in [0.2, 0.25) is 5.02 Å². The summed E-state index contributed by atoms with van der Waals surface area (Å²) < 4.78 is 5.32. The third-order valence-electron chi connectivity index (χ3n) is 6.31. The number of aryl methyl sites for hydroxylation is 3. The van der Waals surface area contributed by atoms with Gasteiger partial charge in [0.2, 0.25) is 11.8 Å². The average Bonchev–Trinajstić information content (AvgIpc) is 3.63. The highest BCUT2D eigenvalue weighted by atomic mass is 35.5. The Morgan fingerprint density at radius 3 is 2.28 bits per heavy atom. The molecule has 39 heavy (non-hydrogen) atoms. The molecule has 1 fully saturated rings. The van der Waals surface area contributed by atoms with E-state index in [4.69, 9.17) is 22.1 Å². The maximum Gasteiger partial charge on any atom is 0.408 e. The minimum atomic E-state index is -1.32. The molecule has 9 nitrogen and oxygen atoms in total. The lowest BCUT2D eigenvalue weighted by molar-refractivity contribution is -0.142. The highest BCUT2D eigenvalue weighted by Gasteiger charge is 2.45. The standard InChI is InChI=1S/C29H37ClN4O5/c1-16-10-13-20(18(3)14-16)25(26(36)33-24-17(2)8-7-9-21(24)30)34(19-11-12-19)27(37)22(15-23(31)35)32-28(38)39-29(4,5)6/h7-10,13-14,19,22,25H,11-12,15H2,1-6H3,(H2,31,35)(H,32,38)(H,33,36). The number of hydrogen-bond donors (Lipinski definition) is 3. The Balaban J connectivity index is 2.06. The number of nitrogens with two attached hydrogens (primary N) is 1. The van der Waals surface area contributed by atoms with Crippen LogP contribution in [0.3, 0.4) is 0 Å². The smallest absolute Gasteiger partial charge is 0.408 e. The number of rotatable bonds is 9. The molecule has 3 rings (SSSR count). The van der Waals surface area contributed by atoms with Gasteiger partial charge in [0, 0.05) is 6.04 Å². The van der Waals surface area contributed by atoms with Crippen LogP contribution in [0, 0.1) is 20.8 Å². The molecule has 1 aliphatic carbocycles. The fourth-order valence-corrected chi connectivity index (χ4v) is 4.70. The van der Waals surface area contributed by atoms with Gasteiger partial charge in [0.1, 0.15) is 17.7 Å². The lowest BCUT2D eigenvalue weighted by Crippen LogP contribution is -2.54. The number of para-hydroxylation sites is 1. The number of ether oxygens (including phenoxy) is 1. The average molecular weight is 557 g/mol. The van der Waals surface area contributed by atoms with Gasteiger partial charge in [-0.05, 0) is 77.1 Å². The zero-order valence-corrected chi connectivity index (χ0v) is 24.0. The van der Waals surface area contributed by atoms with Crippen LogP contribution < -0.4 is 16.4 Å². The van der Waals surface area contributed by atoms with Crippen LogP contribution in [0.5, 0.6) is 0 Å². The first-order valence-corrected chi connectivity index (χ1v) is 13.3. The summed E-state index contributed by atoms with van der Waals surface area (Å²) in [6.45, 7) is 10.7. The zero-order chi connectivity index (χ0) is 29.1. The molecule has 1 saturated carbocycles. The highest BCUT2D eigenvalue weighted by molar-refractivity contribution is 6.34. The van der Waals surface area contributed by atoms with Gasteiger partial charge < -0.3 is 26.0 Å². The number of carbonyl (C=O) groups is 4. The molecule has 0 aromatic heterocycles. The number of nitrogens with zero attached hydrogens (tertiary/aromatic N) is 1. The van der Waals surface area contributed by atoms with Gasteiger partial charge in [0.15, 0.2) is 0 Å². The second-order valence-electron chi connectivity index (χ2n) is 11.0. The highest BCUT2D eigenvalue weighted by Crippen LogP contribution is 2.38. The number of carbonyl (C=O) groups excluding carboxylic acids is 4. The van der Waals surface area contributed by atoms with Crippen molar-refractivity contribution in [2.45, 2.75) is 84.5 Å². The predicted molar refractivity (Wildman–Crippen MR) is 150 cm³/mol. The summed E-state index contributed by atoms with van der Waals surface area (Å²) in [4.78, 5) is 54.1. The fraction of sp³-hybridized carbons (Fsp3) is 0.448. The molecule has 210 valence electrons. The topological polar surface area (TPSA) is 131 Å². The van der Waals surface area contributed by atoms with E-state index in [0.717, 1.165) is 16.7 Å². The van der Waals surface area contributed by atoms with Crippen LogP contribution in [-0.4, -0.2) is 46.4 Å². The molecular weight excluding hydrogens is 520 g/mol. The molecule has 10 heteroatoms. The van der Waals surface area contributed by atoms with E-state index in [1.807, 2.05) is 45.0 Å². The summed E-state index contributed by atoms with van der Waals surface area (Å²) in [5.74, 6) is -1.84. The van der Waals surface area contributed by atoms with E-state index in [9.17, 15) is 19.2 Å². The van der Waals surface area contributed by atoms with E-state index >= 15 is 0 Å². The van der Waals surface area contributed by atoms with E-state index in [0.29, 0.717) is 29.1 Å². The summed E-state index contributed by atoms with van der Waals surface area (Å²) in [6.07, 6.45) is 0.0198. The van der Waals surface area contributed by atoms with Crippen molar-refractivity contribution in [2.24, 2.45) is 5.73 Å². The second kappa shape index (κ2) is 12.1. The number of nitrogens with one attached hydrogen (secondary N) is 2. The van der Waals surface area contributed by atoms with Gasteiger partial charge in [-0.3, -0.25) is 14.4 Å². The summed E-state index contributed by atoms with van der Waals surface area (Å²) in [6, 6.07) is 8.27. The normalized spacial score (nSPS) is 14.6. The van der Waals surface area contributed by atoms with Crippen LogP contribution >= 0.6 is 11.6 Å². The molecule has 4 amide bonds. The van der Waals surface area contributed by atoms with Crippen molar-refractivity contribution in [3.63, 3.8) is 0 Å². The van der Waals surface area contributed by atoms with Gasteiger partial charge in [0.05, 0.1) is 17.1 Å². The zero-order valence-electron chi connectivity index (χ0n) is 23.3. The number of amides is 4. The third-order valence-corrected chi connectivity index (χ3v) is 6.62. The fourth-order valence-electron chi connectivity index (χ4n) is 4.43. The van der Waals surface area contributed by atoms with Gasteiger partial charge in [-0.15, -0.1) is 0 Å². The van der Waals surface area contributed by atoms with E-state index in [1.165, 1.54) is 4.90 Å². The largest absolute Gasteiger partial charge is 0.444 e. The monoisotopic (exact) mass is 556 g/mol. The molecule has 2 aromatic carbocycles. The Morgan fingerprint density at radius 2 is 1.74 bits per heavy atom. The molecule has 2 atom stereocenters. The van der Waals surface area contributed by atoms with Gasteiger partial charge in [-0.1, -0.05) is 47.5 Å². The summed E-state index contributed by atoms with van der Waals surface area (Å²) in [7, 11) is 0. The van der Waals surface area contributed by atoms with E-state index in [-0.39, 0.29) is 6.04 Å². The molecular formula is C29H37ClN4O5. The van der Waals surface area contributed by atoms with Crippen molar-refractivity contribution in [2.75, 3.05) is 5.32 Å². The number of hydrogen-bond acceptors (Lipinski definition) is 5. The van der Waals surface area contributed by atoms with Gasteiger partial charge in [-0.25, -0.2) is 4.79 Å². The van der Waals surface area contributed by atoms with Crippen molar-refractivity contribution in [1.82, 2.24) is 10.2 Å². The quantitative estimate of drug-likeness (QED) is 0.412. The van der Waals surface area contributed by atoms with Crippen LogP contribution in [0.15, 0.2) is 36.4 Å². The maximum atomic E-state index is 14.1. The summed E-state index contributed by atoms with van der Waals surface area (Å²) >= 11 is 6.40. The summed E-state index contributed by atoms with van der Waals surface area (Å²) in [5.41, 5.74) is 8.28. The molecule has 2 unspecified atom stereocenters. The Kier molecular flexibility index (Phi) is 9.27. The number of primary amides is 1. The minimum Gasteiger partial charge on any atom is -0.444 e. The molecule has 0 radical (unpaired) electrons. The van der Waals surface area contributed by atoms with Crippen LogP contribution in [0.4, 0.5) is 10.5 Å². The van der Waals surface area contributed by atoms with Crippen molar-refractivity contribution in [3.05, 3.63) is 63.7 Å². The SMILES string of the molecule is Cc1ccc(C(C(=O)Nc2c(C)cccc2Cl)N(C(=O)C(CC(N)=O)NC(=O)OC(C)(C)C)C2CC2)c(C)c1. The lowest BCUT2D eigenvalue weighted by Gasteiger charge is -2.35. The molecule has 4 N–H and O–H groups in total. The molecule has 0 aliphatic heterocycles. The van der Waals surface area contributed by atoms with Crippen molar-refractivity contribution in [1.29, 1.82) is 0 Å². The molecule has 0 heterocycles. The minimum absolute atomic E-state index is 0.267. The second-order valence-corrected chi connectivity index (χ2v) is 11.4. The number of anilines is 1. The van der Waals surface area contributed by atoms with Gasteiger partial charge >= 0.3 is 6.09 Å². The summed E-state index contributed by atoms with van der Waals surface area (Å²) in [5, 5.41) is 5.78. The van der Waals surface area contributed by atoms with Gasteiger partial charge in [0.25, 0.3) is 5.91 Å². The van der Waals surface area contributed by atoms with Crippen molar-refractivity contribution >= 4 is 41.1 Å². The number of halogens is 1. The molecule has 2 aromatic rings. The maximum absolute atomic E-state index is 14.1. The van der Waals surface area contributed by atoms with Crippen LogP contribution in [0.25, 0.3) is 0 Å². The van der Waals surface area contributed by atoms with E-state index in [1.54, 1.807) is 32.9 Å². The van der Waals surface area contributed by atoms with Crippen LogP contribution in [-0.2, 0) is 19.1 Å². The first-order chi connectivity index (χ1) is 18.2. The van der Waals surface area contributed by atoms with Crippen molar-refractivity contribution < 1.29 is 23.9 Å². The Morgan fingerprint density at radius 1 is 1.08 bits per heavy atom. The third kappa shape index (κ3) is 7.95. The van der Waals surface area contributed by atoms with E-state index in [2.05, 4.69) is 10.6 Å². The lowest BCUT2D eigenvalue weighted by atomic mass is 9.96. The van der Waals surface area contributed by atoms with Crippen molar-refractivity contribution in [3.8, 4) is 0 Å². The number of benzene rings is 2. The molecule has 0 spiro atoms. The first kappa shape index (κ1) is 30.0. The van der Waals surface area contributed by atoms with Crippen LogP contribution in [0.1, 0.15) is 68.3 Å².